The summed E-state index contributed by atoms with van der Waals surface area (Å²) in [5, 5.41) is 8.80. The second-order valence-corrected chi connectivity index (χ2v) is 2.68. The molecule has 0 fully saturated rings. The summed E-state index contributed by atoms with van der Waals surface area (Å²) in [6, 6.07) is 4.43. The number of halogens is 2. The highest BCUT2D eigenvalue weighted by Crippen LogP contribution is 2.21. The summed E-state index contributed by atoms with van der Waals surface area (Å²) in [6.45, 7) is -2.92. The number of aliphatic hydroxyl groups is 1. The first-order valence-electron chi connectivity index (χ1n) is 4.05. The average molecular weight is 203 g/mol. The summed E-state index contributed by atoms with van der Waals surface area (Å²) < 4.78 is 28.1. The Morgan fingerprint density at radius 2 is 2.14 bits per heavy atom. The van der Waals surface area contributed by atoms with Gasteiger partial charge >= 0.3 is 6.61 Å². The Balaban J connectivity index is 2.93. The maximum Gasteiger partial charge on any atom is 0.387 e. The fraction of sp³-hybridized carbons (Fsp3) is 0.333. The zero-order chi connectivity index (χ0) is 10.6. The summed E-state index contributed by atoms with van der Waals surface area (Å²) in [5.41, 5.74) is 6.42. The predicted molar refractivity (Wildman–Crippen MR) is 46.9 cm³/mol. The minimum Gasteiger partial charge on any atom is -0.434 e. The molecule has 0 aliphatic rings. The molecule has 1 aromatic carbocycles. The van der Waals surface area contributed by atoms with Crippen molar-refractivity contribution in [1.82, 2.24) is 0 Å². The van der Waals surface area contributed by atoms with Crippen LogP contribution in [-0.4, -0.2) is 11.7 Å². The molecule has 0 radical (unpaired) electrons. The van der Waals surface area contributed by atoms with Gasteiger partial charge in [-0.25, -0.2) is 0 Å². The molecule has 3 N–H and O–H groups in total. The van der Waals surface area contributed by atoms with E-state index in [9.17, 15) is 8.78 Å². The molecule has 78 valence electrons. The minimum absolute atomic E-state index is 0.0553. The molecule has 0 aliphatic carbocycles. The van der Waals surface area contributed by atoms with Gasteiger partial charge in [0, 0.05) is 12.1 Å². The summed E-state index contributed by atoms with van der Waals surface area (Å²) >= 11 is 0. The van der Waals surface area contributed by atoms with Crippen molar-refractivity contribution in [3.8, 4) is 5.75 Å². The molecule has 1 aromatic rings. The Morgan fingerprint density at radius 1 is 1.43 bits per heavy atom. The van der Waals surface area contributed by atoms with Crippen molar-refractivity contribution >= 4 is 0 Å². The number of benzene rings is 1. The van der Waals surface area contributed by atoms with Crippen LogP contribution in [0.15, 0.2) is 18.2 Å². The van der Waals surface area contributed by atoms with E-state index >= 15 is 0 Å². The van der Waals surface area contributed by atoms with Gasteiger partial charge in [0.25, 0.3) is 0 Å². The third-order valence-corrected chi connectivity index (χ3v) is 1.74. The summed E-state index contributed by atoms with van der Waals surface area (Å²) in [6.07, 6.45) is 0. The Labute approximate surface area is 80.1 Å². The van der Waals surface area contributed by atoms with Crippen molar-refractivity contribution < 1.29 is 18.6 Å². The van der Waals surface area contributed by atoms with Crippen molar-refractivity contribution in [2.75, 3.05) is 0 Å². The maximum absolute atomic E-state index is 11.9. The molecular formula is C9H11F2NO2. The molecule has 3 nitrogen and oxygen atoms in total. The van der Waals surface area contributed by atoms with E-state index in [0.29, 0.717) is 11.1 Å². The topological polar surface area (TPSA) is 55.5 Å². The number of alkyl halides is 2. The van der Waals surface area contributed by atoms with E-state index in [4.69, 9.17) is 10.8 Å². The lowest BCUT2D eigenvalue weighted by atomic mass is 10.1. The van der Waals surface area contributed by atoms with E-state index in [2.05, 4.69) is 4.74 Å². The van der Waals surface area contributed by atoms with Crippen LogP contribution in [0.5, 0.6) is 5.75 Å². The Morgan fingerprint density at radius 3 is 2.64 bits per heavy atom. The van der Waals surface area contributed by atoms with Gasteiger partial charge in [0.1, 0.15) is 5.75 Å². The number of ether oxygens (including phenoxy) is 1. The first-order valence-corrected chi connectivity index (χ1v) is 4.05. The van der Waals surface area contributed by atoms with E-state index in [1.807, 2.05) is 0 Å². The second kappa shape index (κ2) is 4.88. The zero-order valence-corrected chi connectivity index (χ0v) is 7.41. The molecule has 14 heavy (non-hydrogen) atoms. The first kappa shape index (κ1) is 10.9. The van der Waals surface area contributed by atoms with E-state index in [1.54, 1.807) is 0 Å². The molecule has 1 rings (SSSR count). The molecule has 0 heterocycles. The van der Waals surface area contributed by atoms with Crippen molar-refractivity contribution in [2.24, 2.45) is 5.73 Å². The van der Waals surface area contributed by atoms with Gasteiger partial charge in [0.2, 0.25) is 0 Å². The zero-order valence-electron chi connectivity index (χ0n) is 7.41. The van der Waals surface area contributed by atoms with Gasteiger partial charge < -0.3 is 15.6 Å². The van der Waals surface area contributed by atoms with Crippen LogP contribution < -0.4 is 10.5 Å². The molecule has 0 spiro atoms. The van der Waals surface area contributed by atoms with Crippen molar-refractivity contribution in [3.63, 3.8) is 0 Å². The number of nitrogens with two attached hydrogens (primary N) is 1. The molecule has 0 saturated carbocycles. The van der Waals surface area contributed by atoms with Crippen LogP contribution >= 0.6 is 0 Å². The van der Waals surface area contributed by atoms with Crippen LogP contribution in [0.25, 0.3) is 0 Å². The van der Waals surface area contributed by atoms with Crippen molar-refractivity contribution in [2.45, 2.75) is 19.8 Å². The monoisotopic (exact) mass is 203 g/mol. The molecule has 0 aliphatic heterocycles. The van der Waals surface area contributed by atoms with Crippen LogP contribution in [-0.2, 0) is 13.2 Å². The van der Waals surface area contributed by atoms with Crippen molar-refractivity contribution in [3.05, 3.63) is 29.3 Å². The predicted octanol–water partition coefficient (Wildman–Crippen LogP) is 1.24. The second-order valence-electron chi connectivity index (χ2n) is 2.68. The van der Waals surface area contributed by atoms with E-state index in [1.165, 1.54) is 18.2 Å². The normalized spacial score (nSPS) is 10.6. The molecule has 0 saturated heterocycles. The molecule has 0 amide bonds. The van der Waals surface area contributed by atoms with Crippen LogP contribution in [0.3, 0.4) is 0 Å². The van der Waals surface area contributed by atoms with Gasteiger partial charge in [-0.1, -0.05) is 6.07 Å². The largest absolute Gasteiger partial charge is 0.434 e. The highest BCUT2D eigenvalue weighted by atomic mass is 19.3. The van der Waals surface area contributed by atoms with Gasteiger partial charge in [-0.3, -0.25) is 0 Å². The summed E-state index contributed by atoms with van der Waals surface area (Å²) in [4.78, 5) is 0. The maximum atomic E-state index is 11.9. The fourth-order valence-corrected chi connectivity index (χ4v) is 1.10. The number of hydrogen-bond acceptors (Lipinski definition) is 3. The van der Waals surface area contributed by atoms with Gasteiger partial charge in [-0.15, -0.1) is 0 Å². The molecule has 0 bridgehead atoms. The third-order valence-electron chi connectivity index (χ3n) is 1.74. The minimum atomic E-state index is -2.86. The van der Waals surface area contributed by atoms with Gasteiger partial charge in [0.05, 0.1) is 6.61 Å². The van der Waals surface area contributed by atoms with Crippen LogP contribution in [0.1, 0.15) is 11.1 Å². The fourth-order valence-electron chi connectivity index (χ4n) is 1.10. The van der Waals surface area contributed by atoms with Crippen LogP contribution in [0.4, 0.5) is 8.78 Å². The first-order chi connectivity index (χ1) is 6.67. The smallest absolute Gasteiger partial charge is 0.387 e. The quantitative estimate of drug-likeness (QED) is 0.774. The van der Waals surface area contributed by atoms with E-state index < -0.39 is 6.61 Å². The van der Waals surface area contributed by atoms with E-state index in [-0.39, 0.29) is 18.9 Å². The third kappa shape index (κ3) is 2.65. The Bertz CT molecular complexity index is 305. The number of rotatable bonds is 4. The van der Waals surface area contributed by atoms with Crippen molar-refractivity contribution in [1.29, 1.82) is 0 Å². The Kier molecular flexibility index (Phi) is 3.79. The SMILES string of the molecule is NCc1cc(CO)ccc1OC(F)F. The molecule has 0 unspecified atom stereocenters. The molecule has 0 atom stereocenters. The molecule has 5 heteroatoms. The van der Waals surface area contributed by atoms with Gasteiger partial charge in [-0.05, 0) is 17.7 Å². The number of aliphatic hydroxyl groups excluding tert-OH is 1. The lowest BCUT2D eigenvalue weighted by Crippen LogP contribution is -2.07. The molecular weight excluding hydrogens is 192 g/mol. The standard InChI is InChI=1S/C9H11F2NO2/c10-9(11)14-8-2-1-6(5-13)3-7(8)4-12/h1-3,9,13H,4-5,12H2. The summed E-state index contributed by atoms with van der Waals surface area (Å²) in [7, 11) is 0. The van der Waals surface area contributed by atoms with E-state index in [0.717, 1.165) is 0 Å². The van der Waals surface area contributed by atoms with Crippen LogP contribution in [0.2, 0.25) is 0 Å². The van der Waals surface area contributed by atoms with Gasteiger partial charge in [0.15, 0.2) is 0 Å². The summed E-state index contributed by atoms with van der Waals surface area (Å²) in [5.74, 6) is 0.0553. The van der Waals surface area contributed by atoms with Crippen LogP contribution in [0, 0.1) is 0 Å². The molecule has 0 aromatic heterocycles. The highest BCUT2D eigenvalue weighted by molar-refractivity contribution is 5.37. The van der Waals surface area contributed by atoms with Gasteiger partial charge in [-0.2, -0.15) is 8.78 Å². The lowest BCUT2D eigenvalue weighted by Gasteiger charge is -2.10. The average Bonchev–Trinajstić information content (AvgIpc) is 2.17. The lowest BCUT2D eigenvalue weighted by molar-refractivity contribution is -0.0504. The number of hydrogen-bond donors (Lipinski definition) is 2. The highest BCUT2D eigenvalue weighted by Gasteiger charge is 2.08. The Hall–Kier alpha value is -1.20.